The Morgan fingerprint density at radius 2 is 1.78 bits per heavy atom. The van der Waals surface area contributed by atoms with Gasteiger partial charge in [0, 0.05) is 49.5 Å². The molecule has 2 heterocycles. The predicted octanol–water partition coefficient (Wildman–Crippen LogP) is 2.01. The van der Waals surface area contributed by atoms with Crippen LogP contribution in [0.5, 0.6) is 0 Å². The standard InChI is InChI=1S/C24H26FN5O5S/c25-20-11-18-21(30(16-3-4-16)13-19(23(18)31)24(32)33)12-22(20)29-9-7-28(8-10-29)14-27-15-1-5-17(6-2-15)36(26,34)35/h1-2,5-6,11-13,16,27H,3-4,7-10,14H2,(H,32,33)(H2,26,34,35). The monoisotopic (exact) mass is 515 g/mol. The van der Waals surface area contributed by atoms with Crippen LogP contribution in [0.25, 0.3) is 10.9 Å². The molecule has 5 rings (SSSR count). The number of nitrogens with one attached hydrogen (secondary N) is 1. The van der Waals surface area contributed by atoms with Gasteiger partial charge < -0.3 is 19.9 Å². The molecule has 36 heavy (non-hydrogen) atoms. The molecule has 3 aromatic rings. The number of carboxylic acids is 1. The zero-order valence-corrected chi connectivity index (χ0v) is 20.2. The molecule has 0 amide bonds. The number of hydrogen-bond donors (Lipinski definition) is 3. The molecule has 1 saturated heterocycles. The van der Waals surface area contributed by atoms with Gasteiger partial charge in [-0.2, -0.15) is 0 Å². The lowest BCUT2D eigenvalue weighted by Crippen LogP contribution is -2.48. The summed E-state index contributed by atoms with van der Waals surface area (Å²) in [6.45, 7) is 2.98. The first-order valence-corrected chi connectivity index (χ1v) is 13.1. The van der Waals surface area contributed by atoms with Gasteiger partial charge in [-0.1, -0.05) is 0 Å². The maximum absolute atomic E-state index is 15.1. The Morgan fingerprint density at radius 1 is 1.11 bits per heavy atom. The number of anilines is 2. The minimum absolute atomic E-state index is 0.0466. The van der Waals surface area contributed by atoms with Crippen LogP contribution in [0.15, 0.2) is 52.3 Å². The van der Waals surface area contributed by atoms with E-state index in [1.807, 2.05) is 4.90 Å². The summed E-state index contributed by atoms with van der Waals surface area (Å²) in [5.74, 6) is -1.86. The lowest BCUT2D eigenvalue weighted by Gasteiger charge is -2.36. The quantitative estimate of drug-likeness (QED) is 0.435. The molecular formula is C24H26FN5O5S. The highest BCUT2D eigenvalue weighted by atomic mass is 32.2. The molecule has 1 aliphatic carbocycles. The van der Waals surface area contributed by atoms with E-state index < -0.39 is 27.2 Å². The first kappa shape index (κ1) is 24.2. The van der Waals surface area contributed by atoms with E-state index in [4.69, 9.17) is 5.14 Å². The van der Waals surface area contributed by atoms with E-state index in [9.17, 15) is 23.1 Å². The summed E-state index contributed by atoms with van der Waals surface area (Å²) in [5, 5.41) is 17.9. The smallest absolute Gasteiger partial charge is 0.341 e. The van der Waals surface area contributed by atoms with Crippen molar-refractivity contribution in [3.63, 3.8) is 0 Å². The number of carbonyl (C=O) groups is 1. The van der Waals surface area contributed by atoms with Gasteiger partial charge in [-0.15, -0.1) is 0 Å². The van der Waals surface area contributed by atoms with Crippen molar-refractivity contribution in [3.05, 3.63) is 64.2 Å². The number of sulfonamides is 1. The summed E-state index contributed by atoms with van der Waals surface area (Å²) < 4.78 is 39.7. The fraction of sp³-hybridized carbons (Fsp3) is 0.333. The van der Waals surface area contributed by atoms with Crippen LogP contribution in [0.4, 0.5) is 15.8 Å². The number of hydrogen-bond acceptors (Lipinski definition) is 7. The number of aromatic nitrogens is 1. The van der Waals surface area contributed by atoms with Crippen LogP contribution >= 0.6 is 0 Å². The Bertz CT molecular complexity index is 1490. The van der Waals surface area contributed by atoms with Crippen LogP contribution in [0.2, 0.25) is 0 Å². The van der Waals surface area contributed by atoms with Crippen molar-refractivity contribution in [2.75, 3.05) is 43.1 Å². The van der Waals surface area contributed by atoms with Crippen LogP contribution in [0.3, 0.4) is 0 Å². The molecule has 0 spiro atoms. The third-order valence-electron chi connectivity index (χ3n) is 6.67. The van der Waals surface area contributed by atoms with E-state index in [-0.39, 0.29) is 21.9 Å². The van der Waals surface area contributed by atoms with E-state index in [1.54, 1.807) is 22.8 Å². The molecule has 0 bridgehead atoms. The summed E-state index contributed by atoms with van der Waals surface area (Å²) in [5.41, 5.74) is 0.681. The van der Waals surface area contributed by atoms with Crippen molar-refractivity contribution in [1.82, 2.24) is 9.47 Å². The zero-order chi connectivity index (χ0) is 25.6. The van der Waals surface area contributed by atoms with Crippen molar-refractivity contribution in [3.8, 4) is 0 Å². The van der Waals surface area contributed by atoms with Crippen molar-refractivity contribution in [1.29, 1.82) is 0 Å². The highest BCUT2D eigenvalue weighted by molar-refractivity contribution is 7.89. The van der Waals surface area contributed by atoms with Gasteiger partial charge in [0.05, 0.1) is 22.8 Å². The molecule has 0 atom stereocenters. The highest BCUT2D eigenvalue weighted by Crippen LogP contribution is 2.38. The number of piperazine rings is 1. The molecule has 2 aromatic carbocycles. The summed E-state index contributed by atoms with van der Waals surface area (Å²) in [6, 6.07) is 9.13. The van der Waals surface area contributed by atoms with E-state index in [1.165, 1.54) is 18.3 Å². The molecule has 10 nitrogen and oxygen atoms in total. The van der Waals surface area contributed by atoms with Gasteiger partial charge in [0.1, 0.15) is 11.4 Å². The second kappa shape index (κ2) is 9.19. The molecule has 12 heteroatoms. The lowest BCUT2D eigenvalue weighted by molar-refractivity contribution is 0.0694. The third kappa shape index (κ3) is 4.79. The van der Waals surface area contributed by atoms with Gasteiger partial charge in [0.15, 0.2) is 0 Å². The summed E-state index contributed by atoms with van der Waals surface area (Å²) in [6.07, 6.45) is 3.16. The van der Waals surface area contributed by atoms with E-state index in [0.29, 0.717) is 44.1 Å². The average Bonchev–Trinajstić information content (AvgIpc) is 3.68. The number of nitrogens with two attached hydrogens (primary N) is 1. The minimum Gasteiger partial charge on any atom is -0.477 e. The predicted molar refractivity (Wildman–Crippen MR) is 133 cm³/mol. The molecule has 190 valence electrons. The maximum atomic E-state index is 15.1. The average molecular weight is 516 g/mol. The van der Waals surface area contributed by atoms with Crippen molar-refractivity contribution < 1.29 is 22.7 Å². The lowest BCUT2D eigenvalue weighted by atomic mass is 10.1. The zero-order valence-electron chi connectivity index (χ0n) is 19.4. The number of aromatic carboxylic acids is 1. The van der Waals surface area contributed by atoms with E-state index in [0.717, 1.165) is 24.6 Å². The molecule has 4 N–H and O–H groups in total. The first-order valence-electron chi connectivity index (χ1n) is 11.6. The summed E-state index contributed by atoms with van der Waals surface area (Å²) in [7, 11) is -3.74. The Morgan fingerprint density at radius 3 is 2.36 bits per heavy atom. The fourth-order valence-electron chi connectivity index (χ4n) is 4.52. The van der Waals surface area contributed by atoms with Crippen molar-refractivity contribution in [2.24, 2.45) is 5.14 Å². The van der Waals surface area contributed by atoms with Crippen molar-refractivity contribution >= 4 is 38.3 Å². The van der Waals surface area contributed by atoms with Gasteiger partial charge in [-0.3, -0.25) is 9.69 Å². The molecule has 2 fully saturated rings. The SMILES string of the molecule is NS(=O)(=O)c1ccc(NCN2CCN(c3cc4c(cc3F)c(=O)c(C(=O)O)cn4C3CC3)CC2)cc1. The fourth-order valence-corrected chi connectivity index (χ4v) is 5.04. The highest BCUT2D eigenvalue weighted by Gasteiger charge is 2.28. The summed E-state index contributed by atoms with van der Waals surface area (Å²) >= 11 is 0. The number of halogens is 1. The number of pyridine rings is 1. The van der Waals surface area contributed by atoms with E-state index in [2.05, 4.69) is 10.2 Å². The maximum Gasteiger partial charge on any atom is 0.341 e. The number of primary sulfonamides is 1. The molecule has 0 radical (unpaired) electrons. The number of benzene rings is 2. The topological polar surface area (TPSA) is 138 Å². The second-order valence-corrected chi connectivity index (χ2v) is 10.7. The Balaban J connectivity index is 1.30. The number of carboxylic acid groups (broad SMARTS) is 1. The van der Waals surface area contributed by atoms with Crippen LogP contribution < -0.4 is 20.8 Å². The molecule has 1 saturated carbocycles. The Labute approximate surface area is 206 Å². The van der Waals surface area contributed by atoms with Crippen LogP contribution in [0.1, 0.15) is 29.2 Å². The van der Waals surface area contributed by atoms with Gasteiger partial charge in [0.25, 0.3) is 0 Å². The largest absolute Gasteiger partial charge is 0.477 e. The molecule has 1 aromatic heterocycles. The van der Waals surface area contributed by atoms with E-state index >= 15 is 4.39 Å². The second-order valence-electron chi connectivity index (χ2n) is 9.15. The van der Waals surface area contributed by atoms with Crippen LogP contribution in [0, 0.1) is 5.82 Å². The molecule has 1 aliphatic heterocycles. The van der Waals surface area contributed by atoms with Crippen LogP contribution in [-0.2, 0) is 10.0 Å². The number of nitrogens with zero attached hydrogens (tertiary/aromatic N) is 3. The van der Waals surface area contributed by atoms with Gasteiger partial charge in [0.2, 0.25) is 15.5 Å². The Hall–Kier alpha value is -3.48. The third-order valence-corrected chi connectivity index (χ3v) is 7.60. The minimum atomic E-state index is -3.74. The molecular weight excluding hydrogens is 489 g/mol. The van der Waals surface area contributed by atoms with Gasteiger partial charge in [-0.05, 0) is 49.2 Å². The number of fused-ring (bicyclic) bond motifs is 1. The summed E-state index contributed by atoms with van der Waals surface area (Å²) in [4.78, 5) is 28.3. The molecule has 0 unspecified atom stereocenters. The van der Waals surface area contributed by atoms with Crippen molar-refractivity contribution in [2.45, 2.75) is 23.8 Å². The normalized spacial score (nSPS) is 16.9. The van der Waals surface area contributed by atoms with Gasteiger partial charge in [-0.25, -0.2) is 22.7 Å². The van der Waals surface area contributed by atoms with Crippen LogP contribution in [-0.4, -0.2) is 61.8 Å². The Kier molecular flexibility index (Phi) is 6.18. The van der Waals surface area contributed by atoms with Gasteiger partial charge >= 0.3 is 5.97 Å². The number of rotatable bonds is 7. The first-order chi connectivity index (χ1) is 17.1. The molecule has 2 aliphatic rings.